The van der Waals surface area contributed by atoms with Gasteiger partial charge >= 0.3 is 0 Å². The summed E-state index contributed by atoms with van der Waals surface area (Å²) in [5.74, 6) is -10.7. The molecule has 0 saturated carbocycles. The Bertz CT molecular complexity index is 377. The van der Waals surface area contributed by atoms with E-state index in [4.69, 9.17) is 6.57 Å². The normalized spacial score (nSPS) is 9.85. The van der Waals surface area contributed by atoms with Crippen LogP contribution in [0.5, 0.6) is 0 Å². The first-order chi connectivity index (χ1) is 6.00. The summed E-state index contributed by atoms with van der Waals surface area (Å²) in [6.45, 7) is 6.18. The predicted molar refractivity (Wildman–Crippen MR) is 32.5 cm³/mol. The minimum atomic E-state index is -2.26. The van der Waals surface area contributed by atoms with Gasteiger partial charge in [-0.25, -0.2) is 26.8 Å². The van der Waals surface area contributed by atoms with Crippen LogP contribution in [-0.2, 0) is 0 Å². The lowest BCUT2D eigenvalue weighted by molar-refractivity contribution is 0.383. The average molecular weight is 193 g/mol. The highest BCUT2D eigenvalue weighted by Gasteiger charge is 2.25. The van der Waals surface area contributed by atoms with E-state index in [2.05, 4.69) is 4.85 Å². The Morgan fingerprint density at radius 1 is 0.692 bits per heavy atom. The first-order valence-corrected chi connectivity index (χ1v) is 2.89. The molecule has 1 aromatic carbocycles. The van der Waals surface area contributed by atoms with Crippen LogP contribution in [0.25, 0.3) is 4.85 Å². The van der Waals surface area contributed by atoms with Crippen LogP contribution in [0.1, 0.15) is 0 Å². The molecular formula is C7F5N. The number of hydrogen-bond acceptors (Lipinski definition) is 0. The lowest BCUT2D eigenvalue weighted by atomic mass is 10.2. The maximum Gasteiger partial charge on any atom is 0.263 e. The fraction of sp³-hybridized carbons (Fsp3) is 0. The Labute approximate surface area is 69.2 Å². The second-order valence-corrected chi connectivity index (χ2v) is 2.03. The van der Waals surface area contributed by atoms with Crippen molar-refractivity contribution < 1.29 is 22.0 Å². The van der Waals surface area contributed by atoms with Gasteiger partial charge in [0.2, 0.25) is 0 Å². The monoisotopic (exact) mass is 193 g/mol. The molecule has 0 atom stereocenters. The van der Waals surface area contributed by atoms with Crippen LogP contribution in [0.15, 0.2) is 0 Å². The van der Waals surface area contributed by atoms with Gasteiger partial charge in [-0.15, -0.1) is 0 Å². The Balaban J connectivity index is 3.69. The quantitative estimate of drug-likeness (QED) is 0.258. The van der Waals surface area contributed by atoms with Gasteiger partial charge < -0.3 is 0 Å². The topological polar surface area (TPSA) is 4.36 Å². The largest absolute Gasteiger partial charge is 0.263 e. The molecule has 0 radical (unpaired) electrons. The molecule has 0 aliphatic rings. The molecule has 0 unspecified atom stereocenters. The molecule has 13 heavy (non-hydrogen) atoms. The molecule has 0 aromatic heterocycles. The summed E-state index contributed by atoms with van der Waals surface area (Å²) in [6.07, 6.45) is 0. The molecule has 0 bridgehead atoms. The summed E-state index contributed by atoms with van der Waals surface area (Å²) < 4.78 is 61.8. The van der Waals surface area contributed by atoms with Crippen LogP contribution in [0, 0.1) is 35.7 Å². The SMILES string of the molecule is [C-]#[N+]c1c(F)c(F)c(F)c(F)c1F. The number of nitrogens with zero attached hydrogens (tertiary/aromatic N) is 1. The number of benzene rings is 1. The van der Waals surface area contributed by atoms with E-state index in [1.807, 2.05) is 0 Å². The Morgan fingerprint density at radius 2 is 1.00 bits per heavy atom. The van der Waals surface area contributed by atoms with E-state index in [0.717, 1.165) is 0 Å². The van der Waals surface area contributed by atoms with Crippen LogP contribution < -0.4 is 0 Å². The second kappa shape index (κ2) is 3.01. The molecule has 0 aliphatic heterocycles. The summed E-state index contributed by atoms with van der Waals surface area (Å²) in [7, 11) is 0. The molecule has 0 N–H and O–H groups in total. The van der Waals surface area contributed by atoms with E-state index in [9.17, 15) is 22.0 Å². The third kappa shape index (κ3) is 1.22. The molecule has 6 heteroatoms. The zero-order valence-electron chi connectivity index (χ0n) is 5.84. The van der Waals surface area contributed by atoms with Crippen LogP contribution in [0.2, 0.25) is 0 Å². The summed E-state index contributed by atoms with van der Waals surface area (Å²) in [4.78, 5) is 2.19. The lowest BCUT2D eigenvalue weighted by Gasteiger charge is -2.00. The van der Waals surface area contributed by atoms with E-state index in [1.165, 1.54) is 0 Å². The number of hydrogen-bond donors (Lipinski definition) is 0. The second-order valence-electron chi connectivity index (χ2n) is 2.03. The minimum Gasteiger partial charge on any atom is -0.232 e. The molecular weight excluding hydrogens is 193 g/mol. The minimum absolute atomic E-state index is 1.49. The molecule has 68 valence electrons. The van der Waals surface area contributed by atoms with Crippen molar-refractivity contribution in [3.63, 3.8) is 0 Å². The molecule has 0 spiro atoms. The van der Waals surface area contributed by atoms with Crippen molar-refractivity contribution in [2.24, 2.45) is 0 Å². The van der Waals surface area contributed by atoms with Crippen molar-refractivity contribution >= 4 is 5.69 Å². The highest BCUT2D eigenvalue weighted by Crippen LogP contribution is 2.28. The van der Waals surface area contributed by atoms with Crippen molar-refractivity contribution in [1.29, 1.82) is 0 Å². The van der Waals surface area contributed by atoms with Crippen LogP contribution in [-0.4, -0.2) is 0 Å². The molecule has 0 fully saturated rings. The Hall–Kier alpha value is -1.64. The van der Waals surface area contributed by atoms with E-state index in [-0.39, 0.29) is 0 Å². The summed E-state index contributed by atoms with van der Waals surface area (Å²) in [5.41, 5.74) is -1.49. The fourth-order valence-corrected chi connectivity index (χ4v) is 0.691. The first kappa shape index (κ1) is 9.45. The lowest BCUT2D eigenvalue weighted by Crippen LogP contribution is -1.99. The zero-order valence-corrected chi connectivity index (χ0v) is 5.84. The zero-order chi connectivity index (χ0) is 10.2. The third-order valence-corrected chi connectivity index (χ3v) is 1.30. The maximum absolute atomic E-state index is 12.5. The highest BCUT2D eigenvalue weighted by molar-refractivity contribution is 5.48. The van der Waals surface area contributed by atoms with Crippen LogP contribution >= 0.6 is 0 Å². The first-order valence-electron chi connectivity index (χ1n) is 2.89. The number of rotatable bonds is 0. The van der Waals surface area contributed by atoms with Gasteiger partial charge in [0.25, 0.3) is 5.69 Å². The molecule has 1 nitrogen and oxygen atoms in total. The molecule has 0 heterocycles. The number of halogens is 5. The molecule has 0 amide bonds. The van der Waals surface area contributed by atoms with Gasteiger partial charge in [-0.05, 0) is 0 Å². The third-order valence-electron chi connectivity index (χ3n) is 1.30. The van der Waals surface area contributed by atoms with Gasteiger partial charge in [0.15, 0.2) is 29.1 Å². The van der Waals surface area contributed by atoms with Gasteiger partial charge in [0.05, 0.1) is 6.57 Å². The summed E-state index contributed by atoms with van der Waals surface area (Å²) in [5, 5.41) is 0. The van der Waals surface area contributed by atoms with Crippen molar-refractivity contribution in [2.45, 2.75) is 0 Å². The van der Waals surface area contributed by atoms with Gasteiger partial charge in [0, 0.05) is 0 Å². The summed E-state index contributed by atoms with van der Waals surface area (Å²) in [6, 6.07) is 0. The van der Waals surface area contributed by atoms with E-state index in [1.54, 1.807) is 0 Å². The maximum atomic E-state index is 12.5. The predicted octanol–water partition coefficient (Wildman–Crippen LogP) is 2.93. The molecule has 0 aliphatic carbocycles. The van der Waals surface area contributed by atoms with Crippen molar-refractivity contribution in [3.8, 4) is 0 Å². The van der Waals surface area contributed by atoms with E-state index < -0.39 is 34.8 Å². The van der Waals surface area contributed by atoms with Crippen molar-refractivity contribution in [3.05, 3.63) is 40.5 Å². The Kier molecular flexibility index (Phi) is 2.19. The smallest absolute Gasteiger partial charge is 0.232 e. The molecule has 1 aromatic rings. The van der Waals surface area contributed by atoms with Gasteiger partial charge in [0.1, 0.15) is 0 Å². The van der Waals surface area contributed by atoms with Crippen molar-refractivity contribution in [1.82, 2.24) is 0 Å². The fourth-order valence-electron chi connectivity index (χ4n) is 0.691. The average Bonchev–Trinajstić information content (AvgIpc) is 2.13. The molecule has 1 rings (SSSR count). The summed E-state index contributed by atoms with van der Waals surface area (Å²) >= 11 is 0. The van der Waals surface area contributed by atoms with Crippen LogP contribution in [0.3, 0.4) is 0 Å². The van der Waals surface area contributed by atoms with Gasteiger partial charge in [-0.3, -0.25) is 0 Å². The van der Waals surface area contributed by atoms with Crippen LogP contribution in [0.4, 0.5) is 27.6 Å². The Morgan fingerprint density at radius 3 is 1.31 bits per heavy atom. The highest BCUT2D eigenvalue weighted by atomic mass is 19.2. The molecule has 0 saturated heterocycles. The van der Waals surface area contributed by atoms with Gasteiger partial charge in [-0.1, -0.05) is 0 Å². The van der Waals surface area contributed by atoms with E-state index in [0.29, 0.717) is 0 Å². The van der Waals surface area contributed by atoms with Crippen molar-refractivity contribution in [2.75, 3.05) is 0 Å². The van der Waals surface area contributed by atoms with Gasteiger partial charge in [-0.2, -0.15) is 0 Å². The van der Waals surface area contributed by atoms with E-state index >= 15 is 0 Å². The standard InChI is InChI=1S/C7F5N/c1-13-7-5(11)3(9)2(8)4(10)6(7)12.